The maximum absolute atomic E-state index is 12.4. The number of hydrogen-bond acceptors (Lipinski definition) is 4. The van der Waals surface area contributed by atoms with Crippen LogP contribution in [-0.2, 0) is 17.6 Å². The first kappa shape index (κ1) is 19.7. The van der Waals surface area contributed by atoms with Gasteiger partial charge in [-0.15, -0.1) is 36.2 Å². The Balaban J connectivity index is 0.00000121. The molecule has 22 heavy (non-hydrogen) atoms. The minimum atomic E-state index is 0. The predicted octanol–water partition coefficient (Wildman–Crippen LogP) is 2.83. The summed E-state index contributed by atoms with van der Waals surface area (Å²) >= 11 is 1.66. The van der Waals surface area contributed by atoms with Gasteiger partial charge in [0.1, 0.15) is 0 Å². The highest BCUT2D eigenvalue weighted by atomic mass is 35.5. The second-order valence-electron chi connectivity index (χ2n) is 6.03. The normalized spacial score (nSPS) is 26.0. The van der Waals surface area contributed by atoms with Crippen molar-refractivity contribution in [2.75, 3.05) is 7.05 Å². The van der Waals surface area contributed by atoms with Gasteiger partial charge in [0.25, 0.3) is 0 Å². The van der Waals surface area contributed by atoms with Crippen molar-refractivity contribution in [2.24, 2.45) is 0 Å². The molecular weight excluding hydrogens is 341 g/mol. The highest BCUT2D eigenvalue weighted by Gasteiger charge is 2.36. The van der Waals surface area contributed by atoms with Crippen molar-refractivity contribution in [2.45, 2.75) is 63.6 Å². The Morgan fingerprint density at radius 2 is 2.00 bits per heavy atom. The Morgan fingerprint density at radius 3 is 2.55 bits per heavy atom. The molecule has 0 aliphatic carbocycles. The molecule has 126 valence electrons. The van der Waals surface area contributed by atoms with Crippen LogP contribution in [0, 0.1) is 0 Å². The van der Waals surface area contributed by atoms with Gasteiger partial charge in [0.05, 0.1) is 17.1 Å². The number of carbonyl (C=O) groups is 1. The predicted molar refractivity (Wildman–Crippen MR) is 95.4 cm³/mol. The number of halogens is 2. The summed E-state index contributed by atoms with van der Waals surface area (Å²) in [4.78, 5) is 18.9. The first-order valence-electron chi connectivity index (χ1n) is 7.60. The van der Waals surface area contributed by atoms with Crippen molar-refractivity contribution in [3.05, 3.63) is 16.1 Å². The van der Waals surface area contributed by atoms with Crippen molar-refractivity contribution < 1.29 is 4.79 Å². The number of amides is 1. The van der Waals surface area contributed by atoms with E-state index in [1.807, 2.05) is 17.3 Å². The molecule has 0 aromatic carbocycles. The molecule has 1 aromatic rings. The molecular formula is C15H25Cl2N3OS. The van der Waals surface area contributed by atoms with Crippen molar-refractivity contribution in [1.82, 2.24) is 15.2 Å². The highest BCUT2D eigenvalue weighted by molar-refractivity contribution is 7.09. The molecule has 2 saturated heterocycles. The molecule has 0 saturated carbocycles. The lowest BCUT2D eigenvalue weighted by Gasteiger charge is -2.35. The molecule has 2 atom stereocenters. The van der Waals surface area contributed by atoms with Gasteiger partial charge in [0, 0.05) is 30.6 Å². The summed E-state index contributed by atoms with van der Waals surface area (Å²) in [6, 6.07) is 1.66. The van der Waals surface area contributed by atoms with Crippen molar-refractivity contribution in [3.8, 4) is 0 Å². The molecule has 1 amide bonds. The van der Waals surface area contributed by atoms with E-state index in [-0.39, 0.29) is 30.7 Å². The third kappa shape index (κ3) is 4.34. The summed E-state index contributed by atoms with van der Waals surface area (Å²) in [6.45, 7) is 2.10. The van der Waals surface area contributed by atoms with Crippen LogP contribution in [0.5, 0.6) is 0 Å². The largest absolute Gasteiger partial charge is 0.342 e. The maximum Gasteiger partial charge on any atom is 0.228 e. The number of likely N-dealkylation sites (N-methyl/N-ethyl adjacent to an activating group) is 1. The van der Waals surface area contributed by atoms with E-state index in [2.05, 4.69) is 17.2 Å². The number of aryl methyl sites for hydroxylation is 1. The number of fused-ring (bicyclic) bond motifs is 2. The minimum Gasteiger partial charge on any atom is -0.342 e. The second-order valence-corrected chi connectivity index (χ2v) is 6.97. The van der Waals surface area contributed by atoms with E-state index in [0.29, 0.717) is 24.5 Å². The van der Waals surface area contributed by atoms with Crippen molar-refractivity contribution in [3.63, 3.8) is 0 Å². The van der Waals surface area contributed by atoms with Gasteiger partial charge in [-0.1, -0.05) is 6.92 Å². The number of rotatable bonds is 4. The zero-order valence-electron chi connectivity index (χ0n) is 13.1. The first-order chi connectivity index (χ1) is 9.65. The van der Waals surface area contributed by atoms with Gasteiger partial charge in [-0.3, -0.25) is 4.79 Å². The zero-order chi connectivity index (χ0) is 14.1. The minimum absolute atomic E-state index is 0. The van der Waals surface area contributed by atoms with E-state index in [4.69, 9.17) is 0 Å². The zero-order valence-corrected chi connectivity index (χ0v) is 15.5. The van der Waals surface area contributed by atoms with Gasteiger partial charge in [-0.2, -0.15) is 0 Å². The topological polar surface area (TPSA) is 45.2 Å². The van der Waals surface area contributed by atoms with Crippen molar-refractivity contribution >= 4 is 42.1 Å². The molecule has 2 bridgehead atoms. The third-order valence-corrected chi connectivity index (χ3v) is 5.67. The molecule has 2 aliphatic rings. The standard InChI is InChI=1S/C15H23N3OS.2ClH/c1-3-14-17-12(9-20-14)8-15(19)18(2)13-6-10-4-5-11(7-13)16-10;;/h9-11,13,16H,3-8H2,1-2H3;2*1H. The summed E-state index contributed by atoms with van der Waals surface area (Å²) in [5, 5.41) is 6.77. The average molecular weight is 366 g/mol. The van der Waals surface area contributed by atoms with Crippen LogP contribution in [-0.4, -0.2) is 41.0 Å². The maximum atomic E-state index is 12.4. The van der Waals surface area contributed by atoms with Crippen LogP contribution in [0.1, 0.15) is 43.3 Å². The molecule has 7 heteroatoms. The van der Waals surface area contributed by atoms with E-state index < -0.39 is 0 Å². The number of piperidine rings is 1. The fourth-order valence-corrected chi connectivity index (χ4v) is 4.16. The number of carbonyl (C=O) groups excluding carboxylic acids is 1. The van der Waals surface area contributed by atoms with Crippen molar-refractivity contribution in [1.29, 1.82) is 0 Å². The van der Waals surface area contributed by atoms with Gasteiger partial charge in [0.15, 0.2) is 0 Å². The van der Waals surface area contributed by atoms with E-state index in [0.717, 1.165) is 30.0 Å². The number of thiazole rings is 1. The Hall–Kier alpha value is -0.360. The summed E-state index contributed by atoms with van der Waals surface area (Å²) in [5.41, 5.74) is 0.931. The quantitative estimate of drug-likeness (QED) is 0.891. The van der Waals surface area contributed by atoms with E-state index in [9.17, 15) is 4.79 Å². The third-order valence-electron chi connectivity index (χ3n) is 4.62. The highest BCUT2D eigenvalue weighted by Crippen LogP contribution is 2.29. The van der Waals surface area contributed by atoms with Crippen LogP contribution in [0.2, 0.25) is 0 Å². The smallest absolute Gasteiger partial charge is 0.228 e. The molecule has 2 aliphatic heterocycles. The van der Waals surface area contributed by atoms with Crippen LogP contribution >= 0.6 is 36.2 Å². The molecule has 3 rings (SSSR count). The monoisotopic (exact) mass is 365 g/mol. The molecule has 1 N–H and O–H groups in total. The Morgan fingerprint density at radius 1 is 1.36 bits per heavy atom. The molecule has 4 nitrogen and oxygen atoms in total. The van der Waals surface area contributed by atoms with Crippen LogP contribution in [0.4, 0.5) is 0 Å². The van der Waals surface area contributed by atoms with E-state index in [1.165, 1.54) is 12.8 Å². The van der Waals surface area contributed by atoms with Gasteiger partial charge >= 0.3 is 0 Å². The molecule has 1 aromatic heterocycles. The van der Waals surface area contributed by atoms with Gasteiger partial charge in [-0.25, -0.2) is 4.98 Å². The molecule has 2 fully saturated rings. The van der Waals surface area contributed by atoms with Gasteiger partial charge in [-0.05, 0) is 32.1 Å². The molecule has 3 heterocycles. The number of aromatic nitrogens is 1. The lowest BCUT2D eigenvalue weighted by molar-refractivity contribution is -0.132. The number of nitrogens with one attached hydrogen (secondary N) is 1. The fraction of sp³-hybridized carbons (Fsp3) is 0.733. The summed E-state index contributed by atoms with van der Waals surface area (Å²) in [6.07, 6.45) is 6.16. The summed E-state index contributed by atoms with van der Waals surface area (Å²) in [5.74, 6) is 0.212. The molecule has 0 radical (unpaired) electrons. The number of hydrogen-bond donors (Lipinski definition) is 1. The van der Waals surface area contributed by atoms with E-state index >= 15 is 0 Å². The van der Waals surface area contributed by atoms with Gasteiger partial charge in [0.2, 0.25) is 5.91 Å². The molecule has 2 unspecified atom stereocenters. The second kappa shape index (κ2) is 8.48. The lowest BCUT2D eigenvalue weighted by atomic mass is 9.98. The van der Waals surface area contributed by atoms with E-state index in [1.54, 1.807) is 11.3 Å². The van der Waals surface area contributed by atoms with Crippen LogP contribution in [0.15, 0.2) is 5.38 Å². The summed E-state index contributed by atoms with van der Waals surface area (Å²) < 4.78 is 0. The van der Waals surface area contributed by atoms with Gasteiger partial charge < -0.3 is 10.2 Å². The lowest BCUT2D eigenvalue weighted by Crippen LogP contribution is -2.49. The van der Waals surface area contributed by atoms with Crippen LogP contribution in [0.3, 0.4) is 0 Å². The average Bonchev–Trinajstić information content (AvgIpc) is 3.04. The summed E-state index contributed by atoms with van der Waals surface area (Å²) in [7, 11) is 1.96. The van der Waals surface area contributed by atoms with Crippen LogP contribution in [0.25, 0.3) is 0 Å². The van der Waals surface area contributed by atoms with Crippen LogP contribution < -0.4 is 5.32 Å². The molecule has 0 spiro atoms. The Bertz CT molecular complexity index is 485. The first-order valence-corrected chi connectivity index (χ1v) is 8.48. The fourth-order valence-electron chi connectivity index (χ4n) is 3.42. The Labute approximate surface area is 148 Å². The number of nitrogens with zero attached hydrogens (tertiary/aromatic N) is 2. The SMILES string of the molecule is CCc1nc(CC(=O)N(C)C2CC3CCC(C2)N3)cs1.Cl.Cl. The Kier molecular flexibility index (Phi) is 7.59.